The lowest BCUT2D eigenvalue weighted by Crippen LogP contribution is -2.40. The minimum atomic E-state index is -0.508. The molecule has 0 heterocycles. The second-order valence-corrected chi connectivity index (χ2v) is 4.77. The number of carbonyl (C=O) groups is 2. The van der Waals surface area contributed by atoms with Crippen molar-refractivity contribution in [1.29, 1.82) is 0 Å². The van der Waals surface area contributed by atoms with Crippen molar-refractivity contribution >= 4 is 29.5 Å². The van der Waals surface area contributed by atoms with Crippen molar-refractivity contribution in [2.45, 2.75) is 0 Å². The molecule has 0 spiro atoms. The van der Waals surface area contributed by atoms with Crippen LogP contribution in [-0.2, 0) is 4.79 Å². The number of benzene rings is 2. The van der Waals surface area contributed by atoms with Crippen molar-refractivity contribution < 1.29 is 14.0 Å². The first-order valence-corrected chi connectivity index (χ1v) is 6.72. The molecule has 0 unspecified atom stereocenters. The first-order chi connectivity index (χ1) is 10.5. The highest BCUT2D eigenvalue weighted by Crippen LogP contribution is 2.09. The van der Waals surface area contributed by atoms with Gasteiger partial charge in [-0.2, -0.15) is 0 Å². The van der Waals surface area contributed by atoms with E-state index in [9.17, 15) is 14.0 Å². The Kier molecular flexibility index (Phi) is 5.27. The maximum Gasteiger partial charge on any atom is 0.269 e. The summed E-state index contributed by atoms with van der Waals surface area (Å²) in [5, 5.41) is 0.516. The van der Waals surface area contributed by atoms with Crippen molar-refractivity contribution in [2.75, 3.05) is 0 Å². The summed E-state index contributed by atoms with van der Waals surface area (Å²) in [6.45, 7) is 0. The summed E-state index contributed by atoms with van der Waals surface area (Å²) < 4.78 is 12.7. The van der Waals surface area contributed by atoms with E-state index < -0.39 is 11.8 Å². The Morgan fingerprint density at radius 3 is 2.23 bits per heavy atom. The highest BCUT2D eigenvalue weighted by Gasteiger charge is 2.05. The number of amides is 2. The van der Waals surface area contributed by atoms with Gasteiger partial charge in [0.2, 0.25) is 0 Å². The molecule has 0 saturated carbocycles. The van der Waals surface area contributed by atoms with Crippen LogP contribution in [0.2, 0.25) is 5.02 Å². The Morgan fingerprint density at radius 1 is 0.955 bits per heavy atom. The molecule has 0 atom stereocenters. The van der Waals surface area contributed by atoms with E-state index in [0.29, 0.717) is 16.1 Å². The predicted octanol–water partition coefficient (Wildman–Crippen LogP) is 2.95. The molecule has 0 bridgehead atoms. The van der Waals surface area contributed by atoms with Crippen LogP contribution >= 0.6 is 11.6 Å². The van der Waals surface area contributed by atoms with E-state index in [2.05, 4.69) is 10.9 Å². The van der Waals surface area contributed by atoms with Crippen LogP contribution in [0.1, 0.15) is 15.9 Å². The van der Waals surface area contributed by atoms with Crippen LogP contribution in [0.4, 0.5) is 4.39 Å². The molecule has 0 aromatic heterocycles. The molecule has 2 rings (SSSR count). The molecule has 2 N–H and O–H groups in total. The normalized spacial score (nSPS) is 10.5. The van der Waals surface area contributed by atoms with Crippen LogP contribution in [0.3, 0.4) is 0 Å². The largest absolute Gasteiger partial charge is 0.269 e. The van der Waals surface area contributed by atoms with Gasteiger partial charge in [-0.1, -0.05) is 23.7 Å². The molecule has 0 aliphatic heterocycles. The zero-order chi connectivity index (χ0) is 15.9. The molecule has 2 aromatic rings. The maximum atomic E-state index is 12.7. The molecule has 4 nitrogen and oxygen atoms in total. The third kappa shape index (κ3) is 4.71. The molecule has 0 saturated heterocycles. The zero-order valence-corrected chi connectivity index (χ0v) is 12.1. The fourth-order valence-corrected chi connectivity index (χ4v) is 1.71. The van der Waals surface area contributed by atoms with Gasteiger partial charge < -0.3 is 0 Å². The Hall–Kier alpha value is -2.66. The van der Waals surface area contributed by atoms with Gasteiger partial charge in [0, 0.05) is 16.7 Å². The molecule has 2 amide bonds. The molecule has 112 valence electrons. The first kappa shape index (κ1) is 15.7. The van der Waals surface area contributed by atoms with Crippen LogP contribution in [0.5, 0.6) is 0 Å². The topological polar surface area (TPSA) is 58.2 Å². The van der Waals surface area contributed by atoms with E-state index >= 15 is 0 Å². The number of hydrazine groups is 1. The number of hydrogen-bond acceptors (Lipinski definition) is 2. The zero-order valence-electron chi connectivity index (χ0n) is 11.3. The molecule has 2 aromatic carbocycles. The maximum absolute atomic E-state index is 12.7. The standard InChI is InChI=1S/C16H12ClFN2O2/c17-13-6-4-12(5-7-13)16(22)20-19-15(21)10-3-11-1-8-14(18)9-2-11/h1-10H,(H,19,21)(H,20,22). The molecule has 0 aliphatic rings. The van der Waals surface area contributed by atoms with Crippen LogP contribution in [-0.4, -0.2) is 11.8 Å². The van der Waals surface area contributed by atoms with Gasteiger partial charge in [0.25, 0.3) is 11.8 Å². The van der Waals surface area contributed by atoms with E-state index in [-0.39, 0.29) is 5.82 Å². The summed E-state index contributed by atoms with van der Waals surface area (Å²) in [6, 6.07) is 11.9. The summed E-state index contributed by atoms with van der Waals surface area (Å²) in [6.07, 6.45) is 2.73. The van der Waals surface area contributed by atoms with Crippen LogP contribution in [0.25, 0.3) is 6.08 Å². The lowest BCUT2D eigenvalue weighted by Gasteiger charge is -2.05. The van der Waals surface area contributed by atoms with Crippen molar-refractivity contribution in [3.8, 4) is 0 Å². The summed E-state index contributed by atoms with van der Waals surface area (Å²) in [4.78, 5) is 23.3. The number of carbonyl (C=O) groups excluding carboxylic acids is 2. The monoisotopic (exact) mass is 318 g/mol. The number of nitrogens with one attached hydrogen (secondary N) is 2. The van der Waals surface area contributed by atoms with Crippen LogP contribution in [0.15, 0.2) is 54.6 Å². The Balaban J connectivity index is 1.86. The summed E-state index contributed by atoms with van der Waals surface area (Å²) >= 11 is 5.72. The second-order valence-electron chi connectivity index (χ2n) is 4.34. The quantitative estimate of drug-likeness (QED) is 0.675. The van der Waals surface area contributed by atoms with Crippen molar-refractivity contribution in [3.63, 3.8) is 0 Å². The second kappa shape index (κ2) is 7.38. The minimum absolute atomic E-state index is 0.350. The van der Waals surface area contributed by atoms with Gasteiger partial charge in [-0.3, -0.25) is 20.4 Å². The van der Waals surface area contributed by atoms with Gasteiger partial charge in [0.05, 0.1) is 0 Å². The van der Waals surface area contributed by atoms with Gasteiger partial charge in [0.1, 0.15) is 5.82 Å². The fourth-order valence-electron chi connectivity index (χ4n) is 1.58. The number of rotatable bonds is 3. The highest BCUT2D eigenvalue weighted by atomic mass is 35.5. The van der Waals surface area contributed by atoms with Gasteiger partial charge in [-0.05, 0) is 48.0 Å². The van der Waals surface area contributed by atoms with E-state index in [1.807, 2.05) is 0 Å². The van der Waals surface area contributed by atoms with Crippen LogP contribution < -0.4 is 10.9 Å². The van der Waals surface area contributed by atoms with Gasteiger partial charge in [-0.25, -0.2) is 4.39 Å². The highest BCUT2D eigenvalue weighted by molar-refractivity contribution is 6.30. The Bertz CT molecular complexity index is 697. The summed E-state index contributed by atoms with van der Waals surface area (Å²) in [5.41, 5.74) is 5.55. The fraction of sp³-hybridized carbons (Fsp3) is 0. The lowest BCUT2D eigenvalue weighted by atomic mass is 10.2. The van der Waals surface area contributed by atoms with Crippen molar-refractivity contribution in [2.24, 2.45) is 0 Å². The molecule has 0 aliphatic carbocycles. The average molecular weight is 319 g/mol. The third-order valence-corrected chi connectivity index (χ3v) is 2.95. The van der Waals surface area contributed by atoms with Gasteiger partial charge in [0.15, 0.2) is 0 Å². The molecule has 0 radical (unpaired) electrons. The van der Waals surface area contributed by atoms with E-state index in [1.54, 1.807) is 12.1 Å². The first-order valence-electron chi connectivity index (χ1n) is 6.34. The number of hydrogen-bond donors (Lipinski definition) is 2. The molecule has 6 heteroatoms. The average Bonchev–Trinajstić information content (AvgIpc) is 2.52. The van der Waals surface area contributed by atoms with Gasteiger partial charge in [-0.15, -0.1) is 0 Å². The van der Waals surface area contributed by atoms with E-state index in [0.717, 1.165) is 0 Å². The van der Waals surface area contributed by atoms with E-state index in [1.165, 1.54) is 48.6 Å². The Morgan fingerprint density at radius 2 is 1.59 bits per heavy atom. The molecular formula is C16H12ClFN2O2. The van der Waals surface area contributed by atoms with Crippen molar-refractivity contribution in [3.05, 3.63) is 76.6 Å². The summed E-state index contributed by atoms with van der Waals surface area (Å²) in [5.74, 6) is -1.32. The van der Waals surface area contributed by atoms with E-state index in [4.69, 9.17) is 11.6 Å². The minimum Gasteiger partial charge on any atom is -0.268 e. The SMILES string of the molecule is O=C(C=Cc1ccc(F)cc1)NNC(=O)c1ccc(Cl)cc1. The van der Waals surface area contributed by atoms with Crippen molar-refractivity contribution in [1.82, 2.24) is 10.9 Å². The van der Waals surface area contributed by atoms with Gasteiger partial charge >= 0.3 is 0 Å². The predicted molar refractivity (Wildman–Crippen MR) is 82.5 cm³/mol. The lowest BCUT2D eigenvalue weighted by molar-refractivity contribution is -0.117. The molecule has 0 fully saturated rings. The molecular weight excluding hydrogens is 307 g/mol. The Labute approximate surface area is 131 Å². The summed E-state index contributed by atoms with van der Waals surface area (Å²) in [7, 11) is 0. The van der Waals surface area contributed by atoms with Crippen LogP contribution in [0, 0.1) is 5.82 Å². The smallest absolute Gasteiger partial charge is 0.268 e. The molecule has 22 heavy (non-hydrogen) atoms. The third-order valence-electron chi connectivity index (χ3n) is 2.70. The number of halogens is 2.